The summed E-state index contributed by atoms with van der Waals surface area (Å²) >= 11 is 9.57. The molecule has 1 fully saturated rings. The van der Waals surface area contributed by atoms with Gasteiger partial charge in [0.1, 0.15) is 18.1 Å². The predicted molar refractivity (Wildman–Crippen MR) is 151 cm³/mol. The van der Waals surface area contributed by atoms with E-state index >= 15 is 0 Å². The second-order valence-corrected chi connectivity index (χ2v) is 11.8. The quantitative estimate of drug-likeness (QED) is 0.320. The molecule has 6 nitrogen and oxygen atoms in total. The van der Waals surface area contributed by atoms with E-state index in [1.807, 2.05) is 77.6 Å². The Kier molecular flexibility index (Phi) is 6.56. The van der Waals surface area contributed by atoms with Crippen molar-refractivity contribution < 1.29 is 9.59 Å². The number of para-hydroxylation sites is 1. The molecule has 0 spiro atoms. The number of benzene rings is 2. The van der Waals surface area contributed by atoms with Gasteiger partial charge in [-0.25, -0.2) is 4.68 Å². The Morgan fingerprint density at radius 3 is 2.70 bits per heavy atom. The summed E-state index contributed by atoms with van der Waals surface area (Å²) in [5.41, 5.74) is 4.63. The predicted octanol–water partition coefficient (Wildman–Crippen LogP) is 6.01. The fraction of sp³-hybridized carbons (Fsp3) is 0.250. The summed E-state index contributed by atoms with van der Waals surface area (Å²) in [4.78, 5) is 29.3. The van der Waals surface area contributed by atoms with E-state index in [0.717, 1.165) is 45.8 Å². The number of thiophene rings is 1. The van der Waals surface area contributed by atoms with E-state index in [-0.39, 0.29) is 35.4 Å². The highest BCUT2D eigenvalue weighted by Gasteiger charge is 2.38. The van der Waals surface area contributed by atoms with Gasteiger partial charge in [0.2, 0.25) is 11.8 Å². The van der Waals surface area contributed by atoms with E-state index in [0.29, 0.717) is 10.8 Å². The van der Waals surface area contributed by atoms with Crippen LogP contribution in [-0.2, 0) is 9.59 Å². The first-order valence-corrected chi connectivity index (χ1v) is 14.5. The van der Waals surface area contributed by atoms with Crippen LogP contribution >= 0.6 is 34.7 Å². The number of carbonyl (C=O) groups is 2. The third kappa shape index (κ3) is 4.81. The molecule has 2 aromatic carbocycles. The third-order valence-corrected chi connectivity index (χ3v) is 8.95. The number of hydrogen-bond donors (Lipinski definition) is 1. The van der Waals surface area contributed by atoms with Gasteiger partial charge in [-0.1, -0.05) is 48.0 Å². The minimum atomic E-state index is -0.191. The van der Waals surface area contributed by atoms with E-state index in [1.165, 1.54) is 0 Å². The van der Waals surface area contributed by atoms with Gasteiger partial charge in [-0.15, -0.1) is 23.1 Å². The summed E-state index contributed by atoms with van der Waals surface area (Å²) in [6.07, 6.45) is 1.97. The fourth-order valence-electron chi connectivity index (χ4n) is 4.66. The van der Waals surface area contributed by atoms with Gasteiger partial charge in [-0.2, -0.15) is 5.10 Å². The van der Waals surface area contributed by atoms with Crippen LogP contribution in [0.5, 0.6) is 0 Å². The van der Waals surface area contributed by atoms with Crippen LogP contribution in [0.25, 0.3) is 16.3 Å². The molecule has 4 aromatic rings. The molecule has 2 aromatic heterocycles. The smallest absolute Gasteiger partial charge is 0.240 e. The van der Waals surface area contributed by atoms with Gasteiger partial charge in [0.05, 0.1) is 21.6 Å². The molecule has 2 amide bonds. The molecule has 0 saturated heterocycles. The number of carbonyl (C=O) groups excluding carboxylic acids is 2. The van der Waals surface area contributed by atoms with Crippen molar-refractivity contribution in [2.45, 2.75) is 31.1 Å². The van der Waals surface area contributed by atoms with Crippen molar-refractivity contribution in [2.75, 3.05) is 17.2 Å². The molecular weight excluding hydrogens is 524 g/mol. The van der Waals surface area contributed by atoms with Gasteiger partial charge in [0.25, 0.3) is 0 Å². The van der Waals surface area contributed by atoms with Gasteiger partial charge in [-0.3, -0.25) is 14.5 Å². The van der Waals surface area contributed by atoms with Crippen molar-refractivity contribution >= 4 is 52.3 Å². The van der Waals surface area contributed by atoms with Crippen molar-refractivity contribution in [3.8, 4) is 16.3 Å². The summed E-state index contributed by atoms with van der Waals surface area (Å²) in [5, 5.41) is 10.6. The van der Waals surface area contributed by atoms with Crippen LogP contribution < -0.4 is 10.2 Å². The molecule has 188 valence electrons. The number of rotatable bonds is 6. The zero-order valence-corrected chi connectivity index (χ0v) is 22.6. The number of thioether (sulfide) groups is 1. The van der Waals surface area contributed by atoms with E-state index in [2.05, 4.69) is 5.32 Å². The number of hydrogen-bond acceptors (Lipinski definition) is 5. The van der Waals surface area contributed by atoms with Gasteiger partial charge in [0.15, 0.2) is 0 Å². The van der Waals surface area contributed by atoms with E-state index in [9.17, 15) is 9.59 Å². The first-order chi connectivity index (χ1) is 18.0. The molecule has 9 heteroatoms. The standard InChI is InChI=1S/C28H25ClN4O2S2/c1-17-6-2-3-9-21(17)33-28-25(26(31-33)22-10-5-13-36-22)27(18-7-4-8-19(29)14-18)37-16-24(35)32(28)15-23(34)30-20-11-12-20/h2-10,13-14,20,27H,11-12,15-16H2,1H3,(H,30,34)/t27-/m1/s1. The summed E-state index contributed by atoms with van der Waals surface area (Å²) in [7, 11) is 0. The summed E-state index contributed by atoms with van der Waals surface area (Å²) < 4.78 is 1.85. The van der Waals surface area contributed by atoms with Crippen molar-refractivity contribution in [2.24, 2.45) is 0 Å². The molecule has 37 heavy (non-hydrogen) atoms. The Morgan fingerprint density at radius 1 is 1.14 bits per heavy atom. The lowest BCUT2D eigenvalue weighted by atomic mass is 10.0. The number of aromatic nitrogens is 2. The van der Waals surface area contributed by atoms with Crippen LogP contribution in [-0.4, -0.2) is 39.9 Å². The van der Waals surface area contributed by atoms with Gasteiger partial charge in [0, 0.05) is 16.6 Å². The molecular formula is C28H25ClN4O2S2. The Bertz CT molecular complexity index is 1480. The van der Waals surface area contributed by atoms with Crippen LogP contribution in [0.1, 0.15) is 34.8 Å². The van der Waals surface area contributed by atoms with Gasteiger partial charge >= 0.3 is 0 Å². The number of anilines is 1. The minimum Gasteiger partial charge on any atom is -0.352 e. The number of fused-ring (bicyclic) bond motifs is 1. The molecule has 0 radical (unpaired) electrons. The van der Waals surface area contributed by atoms with Crippen molar-refractivity contribution in [3.63, 3.8) is 0 Å². The number of amides is 2. The first-order valence-electron chi connectivity index (χ1n) is 12.2. The van der Waals surface area contributed by atoms with Gasteiger partial charge < -0.3 is 5.32 Å². The summed E-state index contributed by atoms with van der Waals surface area (Å²) in [6.45, 7) is 1.98. The highest BCUT2D eigenvalue weighted by Crippen LogP contribution is 2.49. The van der Waals surface area contributed by atoms with Crippen molar-refractivity contribution in [3.05, 3.63) is 87.8 Å². The highest BCUT2D eigenvalue weighted by molar-refractivity contribution is 8.00. The molecule has 2 aliphatic rings. The van der Waals surface area contributed by atoms with E-state index < -0.39 is 0 Å². The number of halogens is 1. The average molecular weight is 549 g/mol. The van der Waals surface area contributed by atoms with Crippen molar-refractivity contribution in [1.29, 1.82) is 0 Å². The maximum Gasteiger partial charge on any atom is 0.240 e. The SMILES string of the molecule is Cc1ccccc1-n1nc(-c2cccs2)c2c1N(CC(=O)NC1CC1)C(=O)CS[C@@H]2c1cccc(Cl)c1. The Morgan fingerprint density at radius 2 is 1.97 bits per heavy atom. The molecule has 1 N–H and O–H groups in total. The van der Waals surface area contributed by atoms with Crippen LogP contribution in [0.2, 0.25) is 5.02 Å². The largest absolute Gasteiger partial charge is 0.352 e. The average Bonchev–Trinajstić information content (AvgIpc) is 3.41. The Hall–Kier alpha value is -3.07. The summed E-state index contributed by atoms with van der Waals surface area (Å²) in [6, 6.07) is 20.0. The fourth-order valence-corrected chi connectivity index (χ4v) is 6.77. The molecule has 0 unspecified atom stereocenters. The van der Waals surface area contributed by atoms with Gasteiger partial charge in [-0.05, 0) is 60.5 Å². The second kappa shape index (κ2) is 10.0. The lowest BCUT2D eigenvalue weighted by Gasteiger charge is -2.23. The lowest BCUT2D eigenvalue weighted by molar-refractivity contribution is -0.123. The monoisotopic (exact) mass is 548 g/mol. The topological polar surface area (TPSA) is 67.2 Å². The number of nitrogens with one attached hydrogen (secondary N) is 1. The normalized spacial score (nSPS) is 17.4. The van der Waals surface area contributed by atoms with E-state index in [4.69, 9.17) is 16.7 Å². The maximum atomic E-state index is 13.7. The Balaban J connectivity index is 1.61. The van der Waals surface area contributed by atoms with Crippen LogP contribution in [0.15, 0.2) is 66.0 Å². The molecule has 1 atom stereocenters. The highest BCUT2D eigenvalue weighted by atomic mass is 35.5. The minimum absolute atomic E-state index is 0.0490. The van der Waals surface area contributed by atoms with Crippen LogP contribution in [0.3, 0.4) is 0 Å². The lowest BCUT2D eigenvalue weighted by Crippen LogP contribution is -2.43. The number of nitrogens with zero attached hydrogens (tertiary/aromatic N) is 3. The summed E-state index contributed by atoms with van der Waals surface area (Å²) in [5.74, 6) is 0.612. The molecule has 1 saturated carbocycles. The van der Waals surface area contributed by atoms with E-state index in [1.54, 1.807) is 28.0 Å². The molecule has 1 aliphatic heterocycles. The Labute approximate surface area is 228 Å². The molecule has 1 aliphatic carbocycles. The van der Waals surface area contributed by atoms with Crippen LogP contribution in [0.4, 0.5) is 5.82 Å². The zero-order chi connectivity index (χ0) is 25.5. The maximum absolute atomic E-state index is 13.7. The molecule has 3 heterocycles. The molecule has 6 rings (SSSR count). The first kappa shape index (κ1) is 24.3. The molecule has 0 bridgehead atoms. The second-order valence-electron chi connectivity index (χ2n) is 9.33. The van der Waals surface area contributed by atoms with Crippen molar-refractivity contribution in [1.82, 2.24) is 15.1 Å². The van der Waals surface area contributed by atoms with Crippen LogP contribution in [0, 0.1) is 6.92 Å². The third-order valence-electron chi connectivity index (χ3n) is 6.58. The zero-order valence-electron chi connectivity index (χ0n) is 20.2. The number of aryl methyl sites for hydroxylation is 1.